The normalized spacial score (nSPS) is 22.5. The number of rotatable bonds is 6. The number of hydrogen-bond donors (Lipinski definition) is 1. The summed E-state index contributed by atoms with van der Waals surface area (Å²) in [4.78, 5) is 2.16. The third kappa shape index (κ3) is 3.70. The molecule has 1 aliphatic heterocycles. The van der Waals surface area contributed by atoms with E-state index in [1.807, 2.05) is 12.1 Å². The van der Waals surface area contributed by atoms with Crippen LogP contribution in [0.15, 0.2) is 18.2 Å². The lowest BCUT2D eigenvalue weighted by Gasteiger charge is -2.19. The monoisotopic (exact) mass is 280 g/mol. The maximum atomic E-state index is 14.2. The van der Waals surface area contributed by atoms with E-state index in [2.05, 4.69) is 24.1 Å². The van der Waals surface area contributed by atoms with E-state index < -0.39 is 0 Å². The molecular formula is C16H25FN2O. The molecule has 1 heterocycles. The molecule has 1 aromatic carbocycles. The van der Waals surface area contributed by atoms with Crippen LogP contribution in [0.1, 0.15) is 19.4 Å². The Balaban J connectivity index is 1.96. The molecule has 0 bridgehead atoms. The van der Waals surface area contributed by atoms with Gasteiger partial charge in [-0.1, -0.05) is 19.9 Å². The van der Waals surface area contributed by atoms with Gasteiger partial charge in [-0.3, -0.25) is 0 Å². The Bertz CT molecular complexity index is 428. The van der Waals surface area contributed by atoms with Crippen LogP contribution in [0.2, 0.25) is 0 Å². The highest BCUT2D eigenvalue weighted by Gasteiger charge is 2.27. The fourth-order valence-corrected chi connectivity index (χ4v) is 2.65. The van der Waals surface area contributed by atoms with E-state index in [1.54, 1.807) is 13.2 Å². The van der Waals surface area contributed by atoms with E-state index in [4.69, 9.17) is 4.74 Å². The van der Waals surface area contributed by atoms with Crippen molar-refractivity contribution in [3.63, 3.8) is 0 Å². The van der Waals surface area contributed by atoms with Gasteiger partial charge < -0.3 is 15.0 Å². The Labute approximate surface area is 121 Å². The number of ether oxygens (including phenoxy) is 1. The smallest absolute Gasteiger partial charge is 0.146 e. The van der Waals surface area contributed by atoms with Gasteiger partial charge in [-0.05, 0) is 29.5 Å². The largest absolute Gasteiger partial charge is 0.383 e. The molecule has 20 heavy (non-hydrogen) atoms. The third-order valence-electron chi connectivity index (χ3n) is 4.15. The quantitative estimate of drug-likeness (QED) is 0.811. The van der Waals surface area contributed by atoms with Gasteiger partial charge in [0.15, 0.2) is 0 Å². The molecule has 2 unspecified atom stereocenters. The minimum atomic E-state index is -0.114. The Hall–Kier alpha value is -1.13. The van der Waals surface area contributed by atoms with E-state index in [0.717, 1.165) is 30.9 Å². The molecule has 2 atom stereocenters. The first kappa shape index (κ1) is 15.3. The number of hydrogen-bond acceptors (Lipinski definition) is 3. The lowest BCUT2D eigenvalue weighted by molar-refractivity contribution is 0.199. The molecule has 1 saturated heterocycles. The van der Waals surface area contributed by atoms with E-state index in [-0.39, 0.29) is 5.82 Å². The van der Waals surface area contributed by atoms with E-state index in [0.29, 0.717) is 25.0 Å². The van der Waals surface area contributed by atoms with Crippen LogP contribution in [0, 0.1) is 17.7 Å². The molecule has 0 aliphatic carbocycles. The summed E-state index contributed by atoms with van der Waals surface area (Å²) in [5.74, 6) is 1.15. The predicted octanol–water partition coefficient (Wildman–Crippen LogP) is 2.65. The summed E-state index contributed by atoms with van der Waals surface area (Å²) in [5, 5.41) is 3.23. The second-order valence-electron chi connectivity index (χ2n) is 5.81. The summed E-state index contributed by atoms with van der Waals surface area (Å²) in [5.41, 5.74) is 1.71. The van der Waals surface area contributed by atoms with Crippen molar-refractivity contribution in [3.8, 4) is 0 Å². The van der Waals surface area contributed by atoms with Crippen molar-refractivity contribution < 1.29 is 9.13 Å². The number of methoxy groups -OCH3 is 1. The van der Waals surface area contributed by atoms with Gasteiger partial charge in [0.05, 0.1) is 12.3 Å². The second kappa shape index (κ2) is 7.04. The van der Waals surface area contributed by atoms with Crippen LogP contribution in [-0.4, -0.2) is 33.4 Å². The number of benzene rings is 1. The lowest BCUT2D eigenvalue weighted by atomic mass is 10.0. The summed E-state index contributed by atoms with van der Waals surface area (Å²) in [6.45, 7) is 8.48. The first-order chi connectivity index (χ1) is 9.61. The van der Waals surface area contributed by atoms with Gasteiger partial charge in [0.2, 0.25) is 0 Å². The van der Waals surface area contributed by atoms with Crippen LogP contribution < -0.4 is 10.2 Å². The van der Waals surface area contributed by atoms with Crippen LogP contribution in [0.3, 0.4) is 0 Å². The lowest BCUT2D eigenvalue weighted by Crippen LogP contribution is -2.21. The summed E-state index contributed by atoms with van der Waals surface area (Å²) in [6.07, 6.45) is 0. The molecule has 0 radical (unpaired) electrons. The van der Waals surface area contributed by atoms with Gasteiger partial charge in [0.1, 0.15) is 5.82 Å². The molecule has 0 aromatic heterocycles. The van der Waals surface area contributed by atoms with Crippen LogP contribution in [0.25, 0.3) is 0 Å². The van der Waals surface area contributed by atoms with Gasteiger partial charge >= 0.3 is 0 Å². The molecule has 4 heteroatoms. The van der Waals surface area contributed by atoms with Crippen LogP contribution in [-0.2, 0) is 11.3 Å². The number of nitrogens with zero attached hydrogens (tertiary/aromatic N) is 1. The molecule has 1 fully saturated rings. The average Bonchev–Trinajstić information content (AvgIpc) is 2.75. The Morgan fingerprint density at radius 1 is 1.30 bits per heavy atom. The zero-order valence-electron chi connectivity index (χ0n) is 12.7. The summed E-state index contributed by atoms with van der Waals surface area (Å²) >= 11 is 0. The van der Waals surface area contributed by atoms with Crippen LogP contribution >= 0.6 is 0 Å². The first-order valence-electron chi connectivity index (χ1n) is 7.35. The highest BCUT2D eigenvalue weighted by Crippen LogP contribution is 2.29. The molecule has 0 amide bonds. The molecule has 0 saturated carbocycles. The maximum Gasteiger partial charge on any atom is 0.146 e. The molecule has 1 aliphatic rings. The molecule has 112 valence electrons. The van der Waals surface area contributed by atoms with Crippen molar-refractivity contribution in [2.45, 2.75) is 20.4 Å². The fourth-order valence-electron chi connectivity index (χ4n) is 2.65. The van der Waals surface area contributed by atoms with Gasteiger partial charge in [0, 0.05) is 33.3 Å². The average molecular weight is 280 g/mol. The number of anilines is 1. The first-order valence-corrected chi connectivity index (χ1v) is 7.35. The molecular weight excluding hydrogens is 255 g/mol. The topological polar surface area (TPSA) is 24.5 Å². The fraction of sp³-hybridized carbons (Fsp3) is 0.625. The Morgan fingerprint density at radius 3 is 2.60 bits per heavy atom. The van der Waals surface area contributed by atoms with E-state index >= 15 is 0 Å². The molecule has 1 aromatic rings. The molecule has 1 N–H and O–H groups in total. The van der Waals surface area contributed by atoms with Crippen molar-refractivity contribution in [1.82, 2.24) is 5.32 Å². The Morgan fingerprint density at radius 2 is 2.00 bits per heavy atom. The standard InChI is InChI=1S/C16H25FN2O/c1-12-10-19(11-13(12)2)16-5-4-14(8-15(16)17)9-18-6-7-20-3/h4-5,8,12-13,18H,6-7,9-11H2,1-3H3. The van der Waals surface area contributed by atoms with Crippen molar-refractivity contribution in [2.75, 3.05) is 38.3 Å². The van der Waals surface area contributed by atoms with Crippen molar-refractivity contribution in [3.05, 3.63) is 29.6 Å². The zero-order valence-corrected chi connectivity index (χ0v) is 12.7. The summed E-state index contributed by atoms with van der Waals surface area (Å²) in [7, 11) is 1.67. The van der Waals surface area contributed by atoms with E-state index in [9.17, 15) is 4.39 Å². The van der Waals surface area contributed by atoms with Crippen LogP contribution in [0.5, 0.6) is 0 Å². The number of halogens is 1. The zero-order chi connectivity index (χ0) is 14.5. The van der Waals surface area contributed by atoms with Gasteiger partial charge in [-0.15, -0.1) is 0 Å². The van der Waals surface area contributed by atoms with Crippen molar-refractivity contribution >= 4 is 5.69 Å². The summed E-state index contributed by atoms with van der Waals surface area (Å²) < 4.78 is 19.2. The third-order valence-corrected chi connectivity index (χ3v) is 4.15. The van der Waals surface area contributed by atoms with Gasteiger partial charge in [-0.25, -0.2) is 4.39 Å². The SMILES string of the molecule is COCCNCc1ccc(N2CC(C)C(C)C2)c(F)c1. The number of nitrogens with one attached hydrogen (secondary N) is 1. The molecule has 2 rings (SSSR count). The second-order valence-corrected chi connectivity index (χ2v) is 5.81. The predicted molar refractivity (Wildman–Crippen MR) is 80.5 cm³/mol. The maximum absolute atomic E-state index is 14.2. The minimum absolute atomic E-state index is 0.114. The molecule has 3 nitrogen and oxygen atoms in total. The van der Waals surface area contributed by atoms with Crippen LogP contribution in [0.4, 0.5) is 10.1 Å². The molecule has 0 spiro atoms. The highest BCUT2D eigenvalue weighted by atomic mass is 19.1. The Kier molecular flexibility index (Phi) is 5.38. The van der Waals surface area contributed by atoms with Crippen molar-refractivity contribution in [2.24, 2.45) is 11.8 Å². The highest BCUT2D eigenvalue weighted by molar-refractivity contribution is 5.50. The van der Waals surface area contributed by atoms with E-state index in [1.165, 1.54) is 0 Å². The van der Waals surface area contributed by atoms with Gasteiger partial charge in [-0.2, -0.15) is 0 Å². The summed E-state index contributed by atoms with van der Waals surface area (Å²) in [6, 6.07) is 5.56. The van der Waals surface area contributed by atoms with Crippen molar-refractivity contribution in [1.29, 1.82) is 0 Å². The minimum Gasteiger partial charge on any atom is -0.383 e. The van der Waals surface area contributed by atoms with Gasteiger partial charge in [0.25, 0.3) is 0 Å².